The number of benzene rings is 1. The van der Waals surface area contributed by atoms with E-state index in [9.17, 15) is 4.39 Å². The van der Waals surface area contributed by atoms with Crippen LogP contribution in [0.2, 0.25) is 0 Å². The van der Waals surface area contributed by atoms with Gasteiger partial charge in [-0.05, 0) is 50.5 Å². The Hall–Kier alpha value is -1.09. The van der Waals surface area contributed by atoms with Crippen LogP contribution in [0.3, 0.4) is 0 Å². The molecule has 0 bridgehead atoms. The Morgan fingerprint density at radius 2 is 1.94 bits per heavy atom. The second-order valence-electron chi connectivity index (χ2n) is 5.20. The predicted octanol–water partition coefficient (Wildman–Crippen LogP) is 3.78. The molecule has 0 fully saturated rings. The van der Waals surface area contributed by atoms with Gasteiger partial charge in [0.25, 0.3) is 0 Å². The Morgan fingerprint density at radius 3 is 2.44 bits per heavy atom. The van der Waals surface area contributed by atoms with Gasteiger partial charge in [-0.15, -0.1) is 0 Å². The quantitative estimate of drug-likeness (QED) is 0.864. The van der Waals surface area contributed by atoms with Gasteiger partial charge in [0.05, 0.1) is 0 Å². The summed E-state index contributed by atoms with van der Waals surface area (Å²) in [6.07, 6.45) is 2.25. The molecule has 0 saturated heterocycles. The molecular weight excluding hydrogens is 227 g/mol. The molecule has 0 heterocycles. The molecule has 1 aromatic carbocycles. The summed E-state index contributed by atoms with van der Waals surface area (Å²) in [5, 5.41) is 0. The Balaban J connectivity index is 3.17. The number of nitrogens with two attached hydrogens (primary N) is 1. The standard InChI is InChI=1S/C15H25FN2/c1-6-7-11(3)18(5)15-8-10(2)14(16)9-13(15)12(4)17/h8-9,11-12H,6-7,17H2,1-5H3. The fraction of sp³-hybridized carbons (Fsp3) is 0.600. The van der Waals surface area contributed by atoms with Crippen molar-refractivity contribution in [3.05, 3.63) is 29.1 Å². The Labute approximate surface area is 110 Å². The minimum atomic E-state index is -0.178. The number of anilines is 1. The predicted molar refractivity (Wildman–Crippen MR) is 76.5 cm³/mol. The van der Waals surface area contributed by atoms with Gasteiger partial charge in [0.2, 0.25) is 0 Å². The minimum Gasteiger partial charge on any atom is -0.372 e. The van der Waals surface area contributed by atoms with E-state index in [1.165, 1.54) is 0 Å². The van der Waals surface area contributed by atoms with Gasteiger partial charge in [0, 0.05) is 24.8 Å². The van der Waals surface area contributed by atoms with Crippen LogP contribution < -0.4 is 10.6 Å². The van der Waals surface area contributed by atoms with Gasteiger partial charge in [-0.1, -0.05) is 13.3 Å². The van der Waals surface area contributed by atoms with Crippen LogP contribution >= 0.6 is 0 Å². The van der Waals surface area contributed by atoms with Crippen molar-refractivity contribution in [1.82, 2.24) is 0 Å². The molecule has 0 aliphatic heterocycles. The van der Waals surface area contributed by atoms with Crippen molar-refractivity contribution in [3.63, 3.8) is 0 Å². The molecule has 2 unspecified atom stereocenters. The monoisotopic (exact) mass is 252 g/mol. The van der Waals surface area contributed by atoms with Crippen LogP contribution in [0, 0.1) is 12.7 Å². The molecule has 0 spiro atoms. The fourth-order valence-electron chi connectivity index (χ4n) is 2.20. The fourth-order valence-corrected chi connectivity index (χ4v) is 2.20. The second-order valence-corrected chi connectivity index (χ2v) is 5.20. The SMILES string of the molecule is CCCC(C)N(C)c1cc(C)c(F)cc1C(C)N. The number of hydrogen-bond donors (Lipinski definition) is 1. The molecule has 0 radical (unpaired) electrons. The van der Waals surface area contributed by atoms with Crippen LogP contribution in [0.1, 0.15) is 50.8 Å². The minimum absolute atomic E-state index is 0.161. The van der Waals surface area contributed by atoms with Gasteiger partial charge < -0.3 is 10.6 Å². The molecule has 2 atom stereocenters. The van der Waals surface area contributed by atoms with E-state index in [0.717, 1.165) is 24.1 Å². The summed E-state index contributed by atoms with van der Waals surface area (Å²) >= 11 is 0. The molecule has 102 valence electrons. The summed E-state index contributed by atoms with van der Waals surface area (Å²) < 4.78 is 13.7. The van der Waals surface area contributed by atoms with Crippen molar-refractivity contribution >= 4 is 5.69 Å². The molecule has 1 rings (SSSR count). The van der Waals surface area contributed by atoms with Crippen LogP contribution in [0.5, 0.6) is 0 Å². The van der Waals surface area contributed by atoms with Crippen molar-refractivity contribution in [2.45, 2.75) is 52.6 Å². The lowest BCUT2D eigenvalue weighted by molar-refractivity contribution is 0.599. The highest BCUT2D eigenvalue weighted by Gasteiger charge is 2.17. The lowest BCUT2D eigenvalue weighted by Gasteiger charge is -2.30. The summed E-state index contributed by atoms with van der Waals surface area (Å²) in [6.45, 7) is 8.05. The van der Waals surface area contributed by atoms with Gasteiger partial charge in [-0.2, -0.15) is 0 Å². The summed E-state index contributed by atoms with van der Waals surface area (Å²) in [6, 6.07) is 3.74. The van der Waals surface area contributed by atoms with Crippen LogP contribution in [-0.2, 0) is 0 Å². The third-order valence-corrected chi connectivity index (χ3v) is 3.55. The van der Waals surface area contributed by atoms with Crippen LogP contribution in [0.4, 0.5) is 10.1 Å². The maximum Gasteiger partial charge on any atom is 0.126 e. The van der Waals surface area contributed by atoms with E-state index in [2.05, 4.69) is 25.8 Å². The zero-order chi connectivity index (χ0) is 13.9. The topological polar surface area (TPSA) is 29.3 Å². The highest BCUT2D eigenvalue weighted by Crippen LogP contribution is 2.29. The average Bonchev–Trinajstić information content (AvgIpc) is 2.31. The lowest BCUT2D eigenvalue weighted by atomic mass is 10.0. The highest BCUT2D eigenvalue weighted by atomic mass is 19.1. The van der Waals surface area contributed by atoms with Crippen molar-refractivity contribution in [1.29, 1.82) is 0 Å². The van der Waals surface area contributed by atoms with Gasteiger partial charge >= 0.3 is 0 Å². The molecule has 0 aromatic heterocycles. The maximum absolute atomic E-state index is 13.7. The van der Waals surface area contributed by atoms with Crippen molar-refractivity contribution in [3.8, 4) is 0 Å². The number of hydrogen-bond acceptors (Lipinski definition) is 2. The first kappa shape index (κ1) is 15.0. The van der Waals surface area contributed by atoms with Gasteiger partial charge in [0.1, 0.15) is 5.82 Å². The molecule has 2 nitrogen and oxygen atoms in total. The second kappa shape index (κ2) is 6.19. The Bertz CT molecular complexity index is 402. The first-order chi connectivity index (χ1) is 8.38. The number of rotatable bonds is 5. The number of nitrogens with zero attached hydrogens (tertiary/aromatic N) is 1. The van der Waals surface area contributed by atoms with E-state index < -0.39 is 0 Å². The molecule has 1 aromatic rings. The van der Waals surface area contributed by atoms with Gasteiger partial charge in [-0.25, -0.2) is 4.39 Å². The van der Waals surface area contributed by atoms with Crippen LogP contribution in [0.25, 0.3) is 0 Å². The molecule has 2 N–H and O–H groups in total. The van der Waals surface area contributed by atoms with E-state index in [1.54, 1.807) is 13.0 Å². The largest absolute Gasteiger partial charge is 0.372 e. The smallest absolute Gasteiger partial charge is 0.126 e. The zero-order valence-electron chi connectivity index (χ0n) is 12.1. The average molecular weight is 252 g/mol. The molecule has 0 amide bonds. The van der Waals surface area contributed by atoms with E-state index in [4.69, 9.17) is 5.73 Å². The summed E-state index contributed by atoms with van der Waals surface area (Å²) in [5.41, 5.74) is 8.55. The summed E-state index contributed by atoms with van der Waals surface area (Å²) in [4.78, 5) is 2.20. The highest BCUT2D eigenvalue weighted by molar-refractivity contribution is 5.57. The number of aryl methyl sites for hydroxylation is 1. The Kier molecular flexibility index (Phi) is 5.15. The van der Waals surface area contributed by atoms with Crippen molar-refractivity contribution < 1.29 is 4.39 Å². The third kappa shape index (κ3) is 3.22. The molecule has 0 aliphatic rings. The molecule has 18 heavy (non-hydrogen) atoms. The molecular formula is C15H25FN2. The molecule has 3 heteroatoms. The first-order valence-electron chi connectivity index (χ1n) is 6.66. The molecule has 0 saturated carbocycles. The zero-order valence-corrected chi connectivity index (χ0v) is 12.1. The normalized spacial score (nSPS) is 14.4. The van der Waals surface area contributed by atoms with E-state index >= 15 is 0 Å². The van der Waals surface area contributed by atoms with Crippen LogP contribution in [-0.4, -0.2) is 13.1 Å². The van der Waals surface area contributed by atoms with Crippen molar-refractivity contribution in [2.75, 3.05) is 11.9 Å². The maximum atomic E-state index is 13.7. The molecule has 0 aliphatic carbocycles. The van der Waals surface area contributed by atoms with Gasteiger partial charge in [-0.3, -0.25) is 0 Å². The van der Waals surface area contributed by atoms with E-state index in [1.807, 2.05) is 13.0 Å². The van der Waals surface area contributed by atoms with Gasteiger partial charge in [0.15, 0.2) is 0 Å². The summed E-state index contributed by atoms with van der Waals surface area (Å²) in [5.74, 6) is -0.178. The van der Waals surface area contributed by atoms with E-state index in [0.29, 0.717) is 11.6 Å². The Morgan fingerprint density at radius 1 is 1.33 bits per heavy atom. The summed E-state index contributed by atoms with van der Waals surface area (Å²) in [7, 11) is 2.05. The van der Waals surface area contributed by atoms with Crippen LogP contribution in [0.15, 0.2) is 12.1 Å². The third-order valence-electron chi connectivity index (χ3n) is 3.55. The lowest BCUT2D eigenvalue weighted by Crippen LogP contribution is -2.30. The first-order valence-corrected chi connectivity index (χ1v) is 6.66. The van der Waals surface area contributed by atoms with E-state index in [-0.39, 0.29) is 11.9 Å². The number of halogens is 1. The van der Waals surface area contributed by atoms with Crippen molar-refractivity contribution in [2.24, 2.45) is 5.73 Å².